The topological polar surface area (TPSA) is 56.5 Å². The zero-order valence-electron chi connectivity index (χ0n) is 11.5. The highest BCUT2D eigenvalue weighted by Crippen LogP contribution is 2.33. The third-order valence-corrected chi connectivity index (χ3v) is 4.33. The fourth-order valence-electron chi connectivity index (χ4n) is 2.43. The number of hydrazine groups is 1. The van der Waals surface area contributed by atoms with E-state index in [1.165, 1.54) is 5.56 Å². The van der Waals surface area contributed by atoms with E-state index in [1.807, 2.05) is 36.4 Å². The van der Waals surface area contributed by atoms with E-state index < -0.39 is 0 Å². The third-order valence-electron chi connectivity index (χ3n) is 3.55. The molecule has 0 fully saturated rings. The quantitative estimate of drug-likeness (QED) is 0.658. The lowest BCUT2D eigenvalue weighted by Gasteiger charge is -2.22. The van der Waals surface area contributed by atoms with E-state index in [4.69, 9.17) is 15.3 Å². The highest BCUT2D eigenvalue weighted by atomic mass is 79.9. The van der Waals surface area contributed by atoms with Crippen molar-refractivity contribution in [1.82, 2.24) is 5.43 Å². The molecule has 0 bridgehead atoms. The van der Waals surface area contributed by atoms with Crippen LogP contribution in [0.1, 0.15) is 17.2 Å². The van der Waals surface area contributed by atoms with Crippen molar-refractivity contribution in [2.75, 3.05) is 13.2 Å². The van der Waals surface area contributed by atoms with Gasteiger partial charge in [0.05, 0.1) is 6.04 Å². The summed E-state index contributed by atoms with van der Waals surface area (Å²) in [5.41, 5.74) is 5.17. The number of rotatable bonds is 4. The van der Waals surface area contributed by atoms with Gasteiger partial charge in [0.2, 0.25) is 0 Å². The van der Waals surface area contributed by atoms with E-state index in [0.29, 0.717) is 13.2 Å². The number of benzene rings is 2. The molecular formula is C16H17BrN2O2. The lowest BCUT2D eigenvalue weighted by atomic mass is 9.99. The first-order valence-electron chi connectivity index (χ1n) is 6.87. The van der Waals surface area contributed by atoms with Crippen molar-refractivity contribution in [2.24, 2.45) is 5.84 Å². The fraction of sp³-hybridized carbons (Fsp3) is 0.250. The van der Waals surface area contributed by atoms with Crippen LogP contribution in [0.15, 0.2) is 46.9 Å². The van der Waals surface area contributed by atoms with Crippen LogP contribution in [0.25, 0.3) is 0 Å². The van der Waals surface area contributed by atoms with Crippen molar-refractivity contribution in [3.05, 3.63) is 58.1 Å². The summed E-state index contributed by atoms with van der Waals surface area (Å²) >= 11 is 3.57. The Bertz CT molecular complexity index is 633. The molecule has 0 aliphatic carbocycles. The van der Waals surface area contributed by atoms with Crippen molar-refractivity contribution in [2.45, 2.75) is 12.5 Å². The lowest BCUT2D eigenvalue weighted by molar-refractivity contribution is 0.171. The standard InChI is InChI=1S/C16H17BrN2O2/c17-13-4-2-1-3-11(13)9-14(19-18)12-5-6-15-16(10-12)21-8-7-20-15/h1-6,10,14,19H,7-9,18H2. The normalized spacial score (nSPS) is 14.8. The summed E-state index contributed by atoms with van der Waals surface area (Å²) in [5.74, 6) is 7.32. The highest BCUT2D eigenvalue weighted by Gasteiger charge is 2.17. The molecule has 0 aromatic heterocycles. The maximum absolute atomic E-state index is 5.74. The molecule has 1 aliphatic heterocycles. The van der Waals surface area contributed by atoms with Gasteiger partial charge in [-0.05, 0) is 35.7 Å². The first kappa shape index (κ1) is 14.4. The third kappa shape index (κ3) is 3.20. The van der Waals surface area contributed by atoms with Crippen LogP contribution in [0.2, 0.25) is 0 Å². The average Bonchev–Trinajstić information content (AvgIpc) is 2.54. The van der Waals surface area contributed by atoms with Gasteiger partial charge in [0.15, 0.2) is 11.5 Å². The predicted octanol–water partition coefficient (Wildman–Crippen LogP) is 2.97. The van der Waals surface area contributed by atoms with E-state index in [2.05, 4.69) is 27.4 Å². The van der Waals surface area contributed by atoms with Gasteiger partial charge in [-0.25, -0.2) is 0 Å². The van der Waals surface area contributed by atoms with E-state index in [0.717, 1.165) is 28.0 Å². The summed E-state index contributed by atoms with van der Waals surface area (Å²) in [5, 5.41) is 0. The second-order valence-corrected chi connectivity index (χ2v) is 5.77. The molecule has 0 spiro atoms. The van der Waals surface area contributed by atoms with Gasteiger partial charge in [-0.3, -0.25) is 11.3 Å². The number of ether oxygens (including phenoxy) is 2. The van der Waals surface area contributed by atoms with Crippen molar-refractivity contribution >= 4 is 15.9 Å². The summed E-state index contributed by atoms with van der Waals surface area (Å²) in [7, 11) is 0. The van der Waals surface area contributed by atoms with Crippen LogP contribution in [-0.4, -0.2) is 13.2 Å². The van der Waals surface area contributed by atoms with Gasteiger partial charge in [0.25, 0.3) is 0 Å². The second-order valence-electron chi connectivity index (χ2n) is 4.92. The van der Waals surface area contributed by atoms with Crippen LogP contribution < -0.4 is 20.7 Å². The number of hydrogen-bond donors (Lipinski definition) is 2. The molecule has 4 nitrogen and oxygen atoms in total. The van der Waals surface area contributed by atoms with Crippen molar-refractivity contribution in [3.8, 4) is 11.5 Å². The molecular weight excluding hydrogens is 332 g/mol. The molecule has 2 aromatic carbocycles. The minimum Gasteiger partial charge on any atom is -0.486 e. The Balaban J connectivity index is 1.85. The van der Waals surface area contributed by atoms with E-state index in [9.17, 15) is 0 Å². The van der Waals surface area contributed by atoms with Gasteiger partial charge in [-0.1, -0.05) is 40.2 Å². The molecule has 110 valence electrons. The fourth-order valence-corrected chi connectivity index (χ4v) is 2.88. The number of fused-ring (bicyclic) bond motifs is 1. The maximum Gasteiger partial charge on any atom is 0.161 e. The molecule has 5 heteroatoms. The molecule has 3 rings (SSSR count). The molecule has 3 N–H and O–H groups in total. The largest absolute Gasteiger partial charge is 0.486 e. The van der Waals surface area contributed by atoms with Gasteiger partial charge in [0, 0.05) is 4.47 Å². The predicted molar refractivity (Wildman–Crippen MR) is 85.3 cm³/mol. The van der Waals surface area contributed by atoms with Crippen LogP contribution in [0.5, 0.6) is 11.5 Å². The van der Waals surface area contributed by atoms with Gasteiger partial charge >= 0.3 is 0 Å². The number of hydrogen-bond acceptors (Lipinski definition) is 4. The molecule has 2 aromatic rings. The van der Waals surface area contributed by atoms with E-state index in [-0.39, 0.29) is 6.04 Å². The Morgan fingerprint density at radius 2 is 1.86 bits per heavy atom. The summed E-state index contributed by atoms with van der Waals surface area (Å²) in [4.78, 5) is 0. The summed E-state index contributed by atoms with van der Waals surface area (Å²) in [6.45, 7) is 1.18. The Kier molecular flexibility index (Phi) is 4.43. The van der Waals surface area contributed by atoms with Crippen LogP contribution in [0.3, 0.4) is 0 Å². The molecule has 1 unspecified atom stereocenters. The SMILES string of the molecule is NNC(Cc1ccccc1Br)c1ccc2c(c1)OCCO2. The van der Waals surface area contributed by atoms with Crippen molar-refractivity contribution < 1.29 is 9.47 Å². The molecule has 1 heterocycles. The van der Waals surface area contributed by atoms with Crippen molar-refractivity contribution in [3.63, 3.8) is 0 Å². The molecule has 21 heavy (non-hydrogen) atoms. The molecule has 0 amide bonds. The Morgan fingerprint density at radius 3 is 2.62 bits per heavy atom. The number of nitrogens with one attached hydrogen (secondary N) is 1. The van der Waals surface area contributed by atoms with Crippen LogP contribution in [0.4, 0.5) is 0 Å². The van der Waals surface area contributed by atoms with Gasteiger partial charge in [0.1, 0.15) is 13.2 Å². The molecule has 1 aliphatic rings. The van der Waals surface area contributed by atoms with Crippen LogP contribution >= 0.6 is 15.9 Å². The zero-order chi connectivity index (χ0) is 14.7. The Morgan fingerprint density at radius 1 is 1.10 bits per heavy atom. The zero-order valence-corrected chi connectivity index (χ0v) is 13.1. The Labute approximate surface area is 132 Å². The maximum atomic E-state index is 5.74. The van der Waals surface area contributed by atoms with Gasteiger partial charge in [-0.15, -0.1) is 0 Å². The van der Waals surface area contributed by atoms with Crippen LogP contribution in [-0.2, 0) is 6.42 Å². The molecule has 0 saturated carbocycles. The monoisotopic (exact) mass is 348 g/mol. The number of halogens is 1. The first-order valence-corrected chi connectivity index (χ1v) is 7.66. The summed E-state index contributed by atoms with van der Waals surface area (Å²) < 4.78 is 12.3. The molecule has 0 saturated heterocycles. The lowest BCUT2D eigenvalue weighted by Crippen LogP contribution is -2.29. The van der Waals surface area contributed by atoms with Gasteiger partial charge in [-0.2, -0.15) is 0 Å². The van der Waals surface area contributed by atoms with Crippen molar-refractivity contribution in [1.29, 1.82) is 0 Å². The minimum atomic E-state index is 0.0135. The second kappa shape index (κ2) is 6.47. The average molecular weight is 349 g/mol. The van der Waals surface area contributed by atoms with Crippen LogP contribution in [0, 0.1) is 0 Å². The summed E-state index contributed by atoms with van der Waals surface area (Å²) in [6.07, 6.45) is 0.789. The van der Waals surface area contributed by atoms with E-state index >= 15 is 0 Å². The summed E-state index contributed by atoms with van der Waals surface area (Å²) in [6, 6.07) is 14.1. The smallest absolute Gasteiger partial charge is 0.161 e. The molecule has 0 radical (unpaired) electrons. The minimum absolute atomic E-state index is 0.0135. The Hall–Kier alpha value is -1.56. The number of nitrogens with two attached hydrogens (primary N) is 1. The first-order chi connectivity index (χ1) is 10.3. The van der Waals surface area contributed by atoms with Gasteiger partial charge < -0.3 is 9.47 Å². The molecule has 1 atom stereocenters. The highest BCUT2D eigenvalue weighted by molar-refractivity contribution is 9.10. The van der Waals surface area contributed by atoms with E-state index in [1.54, 1.807) is 0 Å².